The number of benzene rings is 1. The van der Waals surface area contributed by atoms with Crippen LogP contribution in [0.15, 0.2) is 24.3 Å². The number of carbonyl (C=O) groups is 1. The number of amides is 1. The van der Waals surface area contributed by atoms with E-state index in [1.165, 1.54) is 24.3 Å². The molecular weight excluding hydrogens is 574 g/mol. The fourth-order valence-corrected chi connectivity index (χ4v) is 6.96. The molecule has 1 unspecified atom stereocenters. The van der Waals surface area contributed by atoms with Gasteiger partial charge in [0, 0.05) is 23.7 Å². The third kappa shape index (κ3) is 6.59. The minimum atomic E-state index is -4.42. The van der Waals surface area contributed by atoms with Crippen molar-refractivity contribution in [3.8, 4) is 5.75 Å². The molecule has 42 heavy (non-hydrogen) atoms. The van der Waals surface area contributed by atoms with Gasteiger partial charge in [0.15, 0.2) is 0 Å². The van der Waals surface area contributed by atoms with E-state index in [0.717, 1.165) is 38.5 Å². The predicted molar refractivity (Wildman–Crippen MR) is 147 cm³/mol. The van der Waals surface area contributed by atoms with E-state index >= 15 is 0 Å². The van der Waals surface area contributed by atoms with Gasteiger partial charge >= 0.3 is 6.18 Å². The number of nitrogens with one attached hydrogen (secondary N) is 1. The highest BCUT2D eigenvalue weighted by molar-refractivity contribution is 7.91. The summed E-state index contributed by atoms with van der Waals surface area (Å²) in [5, 5.41) is -0.592. The van der Waals surface area contributed by atoms with Gasteiger partial charge in [-0.25, -0.2) is 17.5 Å². The maximum absolute atomic E-state index is 15.0. The second-order valence-electron chi connectivity index (χ2n) is 12.3. The first kappa shape index (κ1) is 29.3. The fourth-order valence-electron chi connectivity index (χ4n) is 5.67. The van der Waals surface area contributed by atoms with Gasteiger partial charge in [0.25, 0.3) is 5.91 Å². The van der Waals surface area contributed by atoms with Gasteiger partial charge in [-0.2, -0.15) is 13.2 Å². The molecule has 12 heteroatoms. The molecule has 3 aliphatic carbocycles. The van der Waals surface area contributed by atoms with E-state index in [9.17, 15) is 30.8 Å². The normalized spacial score (nSPS) is 21.3. The first-order valence-electron chi connectivity index (χ1n) is 14.7. The molecule has 1 aromatic heterocycles. The van der Waals surface area contributed by atoms with Crippen LogP contribution in [-0.4, -0.2) is 49.2 Å². The molecule has 3 saturated carbocycles. The van der Waals surface area contributed by atoms with Crippen LogP contribution < -0.4 is 9.46 Å². The molecule has 2 heterocycles. The van der Waals surface area contributed by atoms with Crippen LogP contribution in [-0.2, 0) is 16.2 Å². The largest absolute Gasteiger partial charge is 0.493 e. The lowest BCUT2D eigenvalue weighted by atomic mass is 9.95. The number of piperidine rings is 1. The number of hydrogen-bond donors (Lipinski definition) is 1. The van der Waals surface area contributed by atoms with Gasteiger partial charge < -0.3 is 4.74 Å². The number of pyridine rings is 1. The summed E-state index contributed by atoms with van der Waals surface area (Å²) in [4.78, 5) is 19.4. The number of rotatable bonds is 10. The van der Waals surface area contributed by atoms with Crippen LogP contribution in [0, 0.1) is 11.7 Å². The summed E-state index contributed by atoms with van der Waals surface area (Å²) in [7, 11) is -3.80. The van der Waals surface area contributed by atoms with E-state index in [4.69, 9.17) is 4.74 Å². The van der Waals surface area contributed by atoms with Crippen molar-refractivity contribution in [3.63, 3.8) is 0 Å². The number of sulfonamides is 1. The van der Waals surface area contributed by atoms with Crippen molar-refractivity contribution >= 4 is 15.9 Å². The number of aromatic nitrogens is 1. The molecule has 2 aromatic rings. The van der Waals surface area contributed by atoms with E-state index in [1.807, 2.05) is 11.6 Å². The molecule has 0 bridgehead atoms. The molecule has 4 fully saturated rings. The van der Waals surface area contributed by atoms with Gasteiger partial charge in [0.2, 0.25) is 10.0 Å². The highest BCUT2D eigenvalue weighted by Crippen LogP contribution is 2.46. The molecule has 7 nitrogen and oxygen atoms in total. The zero-order chi connectivity index (χ0) is 29.8. The second kappa shape index (κ2) is 11.1. The molecular formula is C30H35F4N3O4S. The zero-order valence-electron chi connectivity index (χ0n) is 23.4. The van der Waals surface area contributed by atoms with Crippen LogP contribution in [0.25, 0.3) is 0 Å². The van der Waals surface area contributed by atoms with Crippen LogP contribution in [0.3, 0.4) is 0 Å². The van der Waals surface area contributed by atoms with Crippen LogP contribution in [0.1, 0.15) is 109 Å². The van der Waals surface area contributed by atoms with Crippen LogP contribution in [0.2, 0.25) is 0 Å². The fraction of sp³-hybridized carbons (Fsp3) is 0.600. The first-order valence-corrected chi connectivity index (χ1v) is 16.3. The minimum absolute atomic E-state index is 0.116. The SMILES string of the molecule is CC(c1cc(C(F)(F)F)cc(C2CC2)n1)N1CCC(COc2cc(F)c(C(=O)NS(=O)(=O)C3CC3)cc2C2CC2)CC1. The average Bonchev–Trinajstić information content (AvgIpc) is 3.78. The molecule has 228 valence electrons. The Balaban J connectivity index is 1.08. The highest BCUT2D eigenvalue weighted by atomic mass is 32.2. The molecule has 0 spiro atoms. The molecule has 1 saturated heterocycles. The molecule has 1 atom stereocenters. The van der Waals surface area contributed by atoms with Gasteiger partial charge in [0.05, 0.1) is 28.7 Å². The van der Waals surface area contributed by atoms with Crippen molar-refractivity contribution in [2.75, 3.05) is 19.7 Å². The van der Waals surface area contributed by atoms with Crippen LogP contribution in [0.5, 0.6) is 5.75 Å². The molecule has 0 radical (unpaired) electrons. The second-order valence-corrected chi connectivity index (χ2v) is 14.2. The van der Waals surface area contributed by atoms with Gasteiger partial charge in [-0.15, -0.1) is 0 Å². The quantitative estimate of drug-likeness (QED) is 0.329. The minimum Gasteiger partial charge on any atom is -0.493 e. The van der Waals surface area contributed by atoms with Crippen molar-refractivity contribution in [1.29, 1.82) is 0 Å². The lowest BCUT2D eigenvalue weighted by Crippen LogP contribution is -2.37. The Labute approximate surface area is 243 Å². The first-order chi connectivity index (χ1) is 19.9. The molecule has 1 aliphatic heterocycles. The van der Waals surface area contributed by atoms with Gasteiger partial charge in [-0.3, -0.25) is 14.7 Å². The summed E-state index contributed by atoms with van der Waals surface area (Å²) in [5.41, 5.74) is 0.736. The predicted octanol–water partition coefficient (Wildman–Crippen LogP) is 6.07. The standard InChI is InChI=1S/C30H35F4N3O4S/c1-17(26-12-21(30(32,33)34)13-27(35-26)20-4-5-20)37-10-8-18(9-11-37)16-41-28-15-25(31)24(14-23(28)19-2-3-19)29(38)36-42(39,40)22-6-7-22/h12-15,17-20,22H,2-11,16H2,1H3,(H,36,38). The van der Waals surface area contributed by atoms with Gasteiger partial charge in [-0.05, 0) is 107 Å². The Kier molecular flexibility index (Phi) is 7.74. The highest BCUT2D eigenvalue weighted by Gasteiger charge is 2.38. The summed E-state index contributed by atoms with van der Waals surface area (Å²) < 4.78 is 88.1. The number of halogens is 4. The number of nitrogens with zero attached hydrogens (tertiary/aromatic N) is 2. The summed E-state index contributed by atoms with van der Waals surface area (Å²) in [6.07, 6.45) is 1.60. The Bertz CT molecular complexity index is 1460. The lowest BCUT2D eigenvalue weighted by molar-refractivity contribution is -0.137. The maximum Gasteiger partial charge on any atom is 0.416 e. The molecule has 1 N–H and O–H groups in total. The lowest BCUT2D eigenvalue weighted by Gasteiger charge is -2.36. The average molecular weight is 610 g/mol. The zero-order valence-corrected chi connectivity index (χ0v) is 24.2. The van der Waals surface area contributed by atoms with Crippen molar-refractivity contribution in [2.24, 2.45) is 5.92 Å². The summed E-state index contributed by atoms with van der Waals surface area (Å²) in [6.45, 7) is 3.58. The molecule has 4 aliphatic rings. The number of hydrogen-bond acceptors (Lipinski definition) is 6. The monoisotopic (exact) mass is 609 g/mol. The molecule has 1 amide bonds. The number of likely N-dealkylation sites (tertiary alicyclic amines) is 1. The van der Waals surface area contributed by atoms with Crippen molar-refractivity contribution in [1.82, 2.24) is 14.6 Å². The molecule has 6 rings (SSSR count). The van der Waals surface area contributed by atoms with E-state index in [1.54, 1.807) is 0 Å². The summed E-state index contributed by atoms with van der Waals surface area (Å²) in [6, 6.07) is 4.70. The third-order valence-corrected chi connectivity index (χ3v) is 10.7. The van der Waals surface area contributed by atoms with E-state index < -0.39 is 38.7 Å². The smallest absolute Gasteiger partial charge is 0.416 e. The van der Waals surface area contributed by atoms with Gasteiger partial charge in [-0.1, -0.05) is 0 Å². The van der Waals surface area contributed by atoms with Crippen molar-refractivity contribution < 1.29 is 35.5 Å². The third-order valence-electron chi connectivity index (χ3n) is 8.85. The summed E-state index contributed by atoms with van der Waals surface area (Å²) >= 11 is 0. The van der Waals surface area contributed by atoms with Crippen LogP contribution in [0.4, 0.5) is 17.6 Å². The molecule has 1 aromatic carbocycles. The van der Waals surface area contributed by atoms with Crippen molar-refractivity contribution in [3.05, 3.63) is 58.2 Å². The van der Waals surface area contributed by atoms with Crippen LogP contribution >= 0.6 is 0 Å². The van der Waals surface area contributed by atoms with E-state index in [2.05, 4.69) is 9.88 Å². The topological polar surface area (TPSA) is 88.6 Å². The Morgan fingerprint density at radius 2 is 1.69 bits per heavy atom. The summed E-state index contributed by atoms with van der Waals surface area (Å²) in [5.74, 6) is -1.00. The Morgan fingerprint density at radius 1 is 1.02 bits per heavy atom. The van der Waals surface area contributed by atoms with E-state index in [0.29, 0.717) is 55.2 Å². The number of ether oxygens (including phenoxy) is 1. The Hall–Kier alpha value is -2.73. The maximum atomic E-state index is 15.0. The van der Waals surface area contributed by atoms with Crippen molar-refractivity contribution in [2.45, 2.75) is 87.6 Å². The number of carbonyl (C=O) groups excluding carboxylic acids is 1. The Morgan fingerprint density at radius 3 is 2.29 bits per heavy atom. The van der Waals surface area contributed by atoms with E-state index in [-0.39, 0.29) is 29.4 Å². The number of alkyl halides is 3. The van der Waals surface area contributed by atoms with Gasteiger partial charge in [0.1, 0.15) is 11.6 Å².